The highest BCUT2D eigenvalue weighted by atomic mass is 15.0. The van der Waals surface area contributed by atoms with Gasteiger partial charge in [0, 0.05) is 31.5 Å². The van der Waals surface area contributed by atoms with Crippen LogP contribution in [0.2, 0.25) is 0 Å². The lowest BCUT2D eigenvalue weighted by atomic mass is 10.2. The molecule has 2 heteroatoms. The van der Waals surface area contributed by atoms with E-state index in [1.165, 1.54) is 11.3 Å². The Hall–Kier alpha value is -1.80. The lowest BCUT2D eigenvalue weighted by molar-refractivity contribution is 0.673. The summed E-state index contributed by atoms with van der Waals surface area (Å²) in [6, 6.07) is 14.8. The Balaban J connectivity index is 2.01. The van der Waals surface area contributed by atoms with Crippen molar-refractivity contribution in [1.29, 1.82) is 0 Å². The van der Waals surface area contributed by atoms with Crippen LogP contribution in [0.3, 0.4) is 0 Å². The SMILES string of the molecule is C=CCNCc1cccn1Cc1ccccc1. The van der Waals surface area contributed by atoms with Gasteiger partial charge in [0.1, 0.15) is 0 Å². The highest BCUT2D eigenvalue weighted by Gasteiger charge is 2.00. The van der Waals surface area contributed by atoms with Crippen molar-refractivity contribution in [1.82, 2.24) is 9.88 Å². The van der Waals surface area contributed by atoms with Crippen molar-refractivity contribution in [2.45, 2.75) is 13.1 Å². The van der Waals surface area contributed by atoms with Gasteiger partial charge in [-0.05, 0) is 17.7 Å². The molecule has 1 heterocycles. The fourth-order valence-corrected chi connectivity index (χ4v) is 1.85. The molecule has 17 heavy (non-hydrogen) atoms. The molecule has 1 aromatic heterocycles. The Morgan fingerprint density at radius 3 is 2.71 bits per heavy atom. The summed E-state index contributed by atoms with van der Waals surface area (Å²) in [6.45, 7) is 6.35. The summed E-state index contributed by atoms with van der Waals surface area (Å²) >= 11 is 0. The van der Waals surface area contributed by atoms with E-state index in [2.05, 4.69) is 59.1 Å². The molecule has 0 saturated carbocycles. The lowest BCUT2D eigenvalue weighted by Gasteiger charge is -2.09. The van der Waals surface area contributed by atoms with Gasteiger partial charge in [-0.3, -0.25) is 0 Å². The molecule has 2 nitrogen and oxygen atoms in total. The normalized spacial score (nSPS) is 10.4. The van der Waals surface area contributed by atoms with Crippen LogP contribution in [-0.4, -0.2) is 11.1 Å². The van der Waals surface area contributed by atoms with Crippen LogP contribution in [0.15, 0.2) is 61.3 Å². The van der Waals surface area contributed by atoms with Gasteiger partial charge < -0.3 is 9.88 Å². The summed E-state index contributed by atoms with van der Waals surface area (Å²) in [4.78, 5) is 0. The van der Waals surface area contributed by atoms with Crippen molar-refractivity contribution >= 4 is 0 Å². The Labute approximate surface area is 103 Å². The molecular formula is C15H18N2. The molecule has 0 spiro atoms. The number of hydrogen-bond donors (Lipinski definition) is 1. The van der Waals surface area contributed by atoms with Crippen molar-refractivity contribution < 1.29 is 0 Å². The average molecular weight is 226 g/mol. The number of nitrogens with zero attached hydrogens (tertiary/aromatic N) is 1. The van der Waals surface area contributed by atoms with Crippen LogP contribution in [0, 0.1) is 0 Å². The van der Waals surface area contributed by atoms with E-state index in [1.807, 2.05) is 12.1 Å². The first kappa shape index (κ1) is 11.7. The molecule has 0 radical (unpaired) electrons. The van der Waals surface area contributed by atoms with E-state index in [-0.39, 0.29) is 0 Å². The molecule has 0 aliphatic heterocycles. The third kappa shape index (κ3) is 3.33. The molecule has 0 fully saturated rings. The number of nitrogens with one attached hydrogen (secondary N) is 1. The van der Waals surface area contributed by atoms with Crippen molar-refractivity contribution in [3.8, 4) is 0 Å². The summed E-state index contributed by atoms with van der Waals surface area (Å²) in [5.74, 6) is 0. The van der Waals surface area contributed by atoms with Gasteiger partial charge >= 0.3 is 0 Å². The summed E-state index contributed by atoms with van der Waals surface area (Å²) in [5, 5.41) is 3.32. The van der Waals surface area contributed by atoms with Gasteiger partial charge in [-0.1, -0.05) is 36.4 Å². The highest BCUT2D eigenvalue weighted by Crippen LogP contribution is 2.07. The van der Waals surface area contributed by atoms with Crippen LogP contribution in [-0.2, 0) is 13.1 Å². The van der Waals surface area contributed by atoms with Gasteiger partial charge in [0.25, 0.3) is 0 Å². The molecule has 0 aliphatic carbocycles. The van der Waals surface area contributed by atoms with E-state index in [0.29, 0.717) is 0 Å². The van der Waals surface area contributed by atoms with Gasteiger partial charge in [-0.2, -0.15) is 0 Å². The zero-order valence-electron chi connectivity index (χ0n) is 9.97. The van der Waals surface area contributed by atoms with Gasteiger partial charge in [-0.15, -0.1) is 6.58 Å². The average Bonchev–Trinajstić information content (AvgIpc) is 2.79. The minimum absolute atomic E-state index is 0.844. The van der Waals surface area contributed by atoms with E-state index in [1.54, 1.807) is 0 Å². The minimum Gasteiger partial charge on any atom is -0.346 e. The monoisotopic (exact) mass is 226 g/mol. The second kappa shape index (κ2) is 6.06. The maximum atomic E-state index is 3.70. The van der Waals surface area contributed by atoms with Crippen molar-refractivity contribution in [3.63, 3.8) is 0 Å². The summed E-state index contributed by atoms with van der Waals surface area (Å²) < 4.78 is 2.27. The molecule has 0 bridgehead atoms. The third-order valence-electron chi connectivity index (χ3n) is 2.71. The van der Waals surface area contributed by atoms with Crippen LogP contribution in [0.5, 0.6) is 0 Å². The molecule has 0 aliphatic rings. The maximum absolute atomic E-state index is 3.70. The smallest absolute Gasteiger partial charge is 0.0473 e. The molecule has 0 atom stereocenters. The van der Waals surface area contributed by atoms with Crippen LogP contribution in [0.4, 0.5) is 0 Å². The van der Waals surface area contributed by atoms with Crippen LogP contribution in [0.25, 0.3) is 0 Å². The predicted octanol–water partition coefficient (Wildman–Crippen LogP) is 2.81. The Bertz CT molecular complexity index is 457. The first-order valence-corrected chi connectivity index (χ1v) is 5.89. The third-order valence-corrected chi connectivity index (χ3v) is 2.71. The summed E-state index contributed by atoms with van der Waals surface area (Å²) in [6.07, 6.45) is 4.00. The Kier molecular flexibility index (Phi) is 4.17. The number of benzene rings is 1. The lowest BCUT2D eigenvalue weighted by Crippen LogP contribution is -2.16. The molecule has 1 N–H and O–H groups in total. The fourth-order valence-electron chi connectivity index (χ4n) is 1.85. The molecule has 0 unspecified atom stereocenters. The van der Waals surface area contributed by atoms with Crippen LogP contribution >= 0.6 is 0 Å². The fraction of sp³-hybridized carbons (Fsp3) is 0.200. The molecule has 88 valence electrons. The molecule has 0 amide bonds. The van der Waals surface area contributed by atoms with Gasteiger partial charge in [-0.25, -0.2) is 0 Å². The van der Waals surface area contributed by atoms with Crippen molar-refractivity contribution in [2.24, 2.45) is 0 Å². The molecular weight excluding hydrogens is 208 g/mol. The Morgan fingerprint density at radius 2 is 1.94 bits per heavy atom. The first-order chi connectivity index (χ1) is 8.40. The van der Waals surface area contributed by atoms with Crippen LogP contribution in [0.1, 0.15) is 11.3 Å². The van der Waals surface area contributed by atoms with Crippen molar-refractivity contribution in [2.75, 3.05) is 6.54 Å². The topological polar surface area (TPSA) is 17.0 Å². The summed E-state index contributed by atoms with van der Waals surface area (Å²) in [5.41, 5.74) is 2.63. The molecule has 2 aromatic rings. The quantitative estimate of drug-likeness (QED) is 0.592. The van der Waals surface area contributed by atoms with E-state index < -0.39 is 0 Å². The van der Waals surface area contributed by atoms with E-state index in [4.69, 9.17) is 0 Å². The number of rotatable bonds is 6. The van der Waals surface area contributed by atoms with Gasteiger partial charge in [0.15, 0.2) is 0 Å². The number of aromatic nitrogens is 1. The van der Waals surface area contributed by atoms with Gasteiger partial charge in [0.2, 0.25) is 0 Å². The zero-order valence-corrected chi connectivity index (χ0v) is 9.97. The number of hydrogen-bond acceptors (Lipinski definition) is 1. The van der Waals surface area contributed by atoms with Crippen molar-refractivity contribution in [3.05, 3.63) is 72.6 Å². The Morgan fingerprint density at radius 1 is 1.12 bits per heavy atom. The van der Waals surface area contributed by atoms with Gasteiger partial charge in [0.05, 0.1) is 0 Å². The second-order valence-electron chi connectivity index (χ2n) is 4.03. The molecule has 2 rings (SSSR count). The zero-order chi connectivity index (χ0) is 11.9. The largest absolute Gasteiger partial charge is 0.346 e. The van der Waals surface area contributed by atoms with E-state index >= 15 is 0 Å². The van der Waals surface area contributed by atoms with Crippen LogP contribution < -0.4 is 5.32 Å². The highest BCUT2D eigenvalue weighted by molar-refractivity contribution is 5.17. The molecule has 1 aromatic carbocycles. The van der Waals surface area contributed by atoms with E-state index in [9.17, 15) is 0 Å². The second-order valence-corrected chi connectivity index (χ2v) is 4.03. The maximum Gasteiger partial charge on any atom is 0.0473 e. The predicted molar refractivity (Wildman–Crippen MR) is 71.9 cm³/mol. The molecule has 0 saturated heterocycles. The minimum atomic E-state index is 0.844. The first-order valence-electron chi connectivity index (χ1n) is 5.89. The standard InChI is InChI=1S/C15H18N2/c1-2-10-16-12-15-9-6-11-17(15)13-14-7-4-3-5-8-14/h2-9,11,16H,1,10,12-13H2. The summed E-state index contributed by atoms with van der Waals surface area (Å²) in [7, 11) is 0. The van der Waals surface area contributed by atoms with E-state index in [0.717, 1.165) is 19.6 Å².